The standard InChI is InChI=1S/C6H8NO2S/c1-6(5-7)3-4-10(2,8)9/h1-4H2. The van der Waals surface area contributed by atoms with Crippen LogP contribution < -0.4 is 0 Å². The van der Waals surface area contributed by atoms with E-state index in [-0.39, 0.29) is 17.7 Å². The normalized spacial score (nSPS) is 15.2. The molecule has 0 bridgehead atoms. The number of rotatable bonds is 3. The van der Waals surface area contributed by atoms with Crippen molar-refractivity contribution in [2.45, 2.75) is 6.42 Å². The summed E-state index contributed by atoms with van der Waals surface area (Å²) in [5.41, 5.74) is 0.271. The topological polar surface area (TPSA) is 60.8 Å². The highest BCUT2D eigenvalue weighted by atomic mass is 32.2. The zero-order valence-electron chi connectivity index (χ0n) is 5.50. The van der Waals surface area contributed by atoms with E-state index in [1.807, 2.05) is 0 Å². The third-order valence-electron chi connectivity index (χ3n) is 0.873. The maximum atomic E-state index is 10.4. The van der Waals surface area contributed by atoms with Gasteiger partial charge >= 0.3 is 0 Å². The van der Waals surface area contributed by atoms with Crippen LogP contribution in [0.3, 0.4) is 0 Å². The van der Waals surface area contributed by atoms with E-state index in [0.717, 1.165) is 0 Å². The lowest BCUT2D eigenvalue weighted by Crippen LogP contribution is -2.01. The summed E-state index contributed by atoms with van der Waals surface area (Å²) >= 11 is 0. The van der Waals surface area contributed by atoms with Crippen molar-refractivity contribution in [1.82, 2.24) is 0 Å². The van der Waals surface area contributed by atoms with Gasteiger partial charge in [0.25, 0.3) is 0 Å². The largest absolute Gasteiger partial charge is 0.238 e. The number of nitriles is 1. The fraction of sp³-hybridized carbons (Fsp3) is 0.333. The Bertz CT molecular complexity index is 258. The highest BCUT2D eigenvalue weighted by Gasteiger charge is 2.00. The van der Waals surface area contributed by atoms with Crippen LogP contribution in [0.5, 0.6) is 0 Å². The Labute approximate surface area is 60.8 Å². The molecular weight excluding hydrogens is 150 g/mol. The van der Waals surface area contributed by atoms with Gasteiger partial charge in [-0.15, -0.1) is 4.55 Å². The predicted octanol–water partition coefficient (Wildman–Crippen LogP) is 0.518. The molecule has 4 heteroatoms. The Morgan fingerprint density at radius 1 is 1.70 bits per heavy atom. The Kier molecular flexibility index (Phi) is 3.13. The van der Waals surface area contributed by atoms with Gasteiger partial charge in [-0.1, -0.05) is 6.58 Å². The zero-order valence-corrected chi connectivity index (χ0v) is 6.32. The van der Waals surface area contributed by atoms with Crippen LogP contribution in [0.15, 0.2) is 12.2 Å². The van der Waals surface area contributed by atoms with Crippen LogP contribution in [0, 0.1) is 11.3 Å². The van der Waals surface area contributed by atoms with Crippen LogP contribution in [-0.2, 0) is 14.4 Å². The molecule has 0 aromatic heterocycles. The quantitative estimate of drug-likeness (QED) is 0.444. The smallest absolute Gasteiger partial charge is 0.111 e. The molecule has 1 radical (unpaired) electrons. The lowest BCUT2D eigenvalue weighted by atomic mass is 10.3. The van der Waals surface area contributed by atoms with Crippen LogP contribution in [0.25, 0.3) is 0 Å². The highest BCUT2D eigenvalue weighted by molar-refractivity contribution is 7.94. The minimum Gasteiger partial charge on any atom is -0.238 e. The van der Waals surface area contributed by atoms with Gasteiger partial charge < -0.3 is 0 Å². The van der Waals surface area contributed by atoms with Gasteiger partial charge in [0, 0.05) is 11.3 Å². The molecule has 0 amide bonds. The van der Waals surface area contributed by atoms with Crippen LogP contribution in [0.2, 0.25) is 0 Å². The van der Waals surface area contributed by atoms with Crippen LogP contribution in [-0.4, -0.2) is 15.8 Å². The molecule has 0 N–H and O–H groups in total. The van der Waals surface area contributed by atoms with Gasteiger partial charge in [0.15, 0.2) is 0 Å². The molecule has 0 aliphatic heterocycles. The molecule has 1 atom stereocenters. The van der Waals surface area contributed by atoms with Gasteiger partial charge in [-0.05, 0) is 12.3 Å². The fourth-order valence-corrected chi connectivity index (χ4v) is 0.892. The first-order valence-corrected chi connectivity index (χ1v) is 4.41. The molecular formula is C6H8NO2S. The van der Waals surface area contributed by atoms with E-state index >= 15 is 0 Å². The molecule has 0 heterocycles. The lowest BCUT2D eigenvalue weighted by Gasteiger charge is -1.94. The molecule has 55 valence electrons. The van der Waals surface area contributed by atoms with Crippen molar-refractivity contribution >= 4 is 15.7 Å². The summed E-state index contributed by atoms with van der Waals surface area (Å²) in [6.07, 6.45) is 0.183. The first-order valence-electron chi connectivity index (χ1n) is 2.59. The Balaban J connectivity index is 3.82. The fourth-order valence-electron chi connectivity index (χ4n) is 0.335. The van der Waals surface area contributed by atoms with E-state index in [2.05, 4.69) is 12.4 Å². The van der Waals surface area contributed by atoms with Crippen molar-refractivity contribution in [2.24, 2.45) is 0 Å². The summed E-state index contributed by atoms with van der Waals surface area (Å²) in [7, 11) is -3.19. The predicted molar refractivity (Wildman–Crippen MR) is 40.2 cm³/mol. The molecule has 0 aliphatic rings. The van der Waals surface area contributed by atoms with Gasteiger partial charge in [-0.25, -0.2) is 4.21 Å². The van der Waals surface area contributed by atoms with Crippen molar-refractivity contribution in [2.75, 3.05) is 5.75 Å². The minimum absolute atomic E-state index is 0.0978. The Morgan fingerprint density at radius 3 is 2.50 bits per heavy atom. The maximum absolute atomic E-state index is 10.4. The molecule has 3 nitrogen and oxygen atoms in total. The molecule has 0 aromatic carbocycles. The van der Waals surface area contributed by atoms with E-state index in [1.165, 1.54) is 0 Å². The number of allylic oxidation sites excluding steroid dienone is 1. The van der Waals surface area contributed by atoms with E-state index in [0.29, 0.717) is 0 Å². The van der Waals surface area contributed by atoms with E-state index < -0.39 is 9.80 Å². The summed E-state index contributed by atoms with van der Waals surface area (Å²) in [4.78, 5) is 0. The summed E-state index contributed by atoms with van der Waals surface area (Å²) in [6, 6.07) is 1.75. The summed E-state index contributed by atoms with van der Waals surface area (Å²) < 4.78 is 20.8. The number of nitrogens with zero attached hydrogens (tertiary/aromatic N) is 1. The first-order chi connectivity index (χ1) is 4.45. The molecule has 0 aliphatic carbocycles. The zero-order chi connectivity index (χ0) is 8.20. The van der Waals surface area contributed by atoms with Gasteiger partial charge in [-0.3, -0.25) is 0 Å². The molecule has 0 fully saturated rings. The SMILES string of the molecule is C=C(C#N)CCS(=C)([O])=O. The highest BCUT2D eigenvalue weighted by Crippen LogP contribution is 1.98. The second-order valence-electron chi connectivity index (χ2n) is 1.91. The maximum Gasteiger partial charge on any atom is 0.111 e. The minimum atomic E-state index is -3.19. The van der Waals surface area contributed by atoms with Crippen LogP contribution in [0.4, 0.5) is 0 Å². The van der Waals surface area contributed by atoms with Crippen molar-refractivity contribution in [3.05, 3.63) is 12.2 Å². The summed E-state index contributed by atoms with van der Waals surface area (Å²) in [6.45, 7) is 3.32. The van der Waals surface area contributed by atoms with Gasteiger partial charge in [0.05, 0.1) is 6.07 Å². The summed E-state index contributed by atoms with van der Waals surface area (Å²) in [5, 5.41) is 8.17. The average Bonchev–Trinajstić information content (AvgIpc) is 1.81. The van der Waals surface area contributed by atoms with E-state index in [9.17, 15) is 8.76 Å². The van der Waals surface area contributed by atoms with Gasteiger partial charge in [0.2, 0.25) is 0 Å². The van der Waals surface area contributed by atoms with Crippen LogP contribution >= 0.6 is 0 Å². The second-order valence-corrected chi connectivity index (χ2v) is 3.81. The molecule has 0 saturated carbocycles. The number of hydrogen-bond donors (Lipinski definition) is 0. The average molecular weight is 158 g/mol. The molecule has 0 saturated heterocycles. The molecule has 0 aromatic rings. The second kappa shape index (κ2) is 3.40. The van der Waals surface area contributed by atoms with Crippen molar-refractivity contribution < 1.29 is 8.76 Å². The van der Waals surface area contributed by atoms with Crippen molar-refractivity contribution in [1.29, 1.82) is 5.26 Å². The van der Waals surface area contributed by atoms with Gasteiger partial charge in [0.1, 0.15) is 9.80 Å². The summed E-state index contributed by atoms with van der Waals surface area (Å²) in [5.74, 6) is 2.80. The molecule has 0 rings (SSSR count). The molecule has 1 unspecified atom stereocenters. The van der Waals surface area contributed by atoms with E-state index in [1.54, 1.807) is 6.07 Å². The lowest BCUT2D eigenvalue weighted by molar-refractivity contribution is 0.469. The van der Waals surface area contributed by atoms with E-state index in [4.69, 9.17) is 5.26 Å². The van der Waals surface area contributed by atoms with Crippen molar-refractivity contribution in [3.8, 4) is 6.07 Å². The van der Waals surface area contributed by atoms with Crippen molar-refractivity contribution in [3.63, 3.8) is 0 Å². The molecule has 0 spiro atoms. The number of hydrogen-bond acceptors (Lipinski definition) is 2. The Hall–Kier alpha value is -0.790. The van der Waals surface area contributed by atoms with Crippen LogP contribution in [0.1, 0.15) is 6.42 Å². The molecule has 10 heavy (non-hydrogen) atoms. The first kappa shape index (κ1) is 9.21. The third-order valence-corrected chi connectivity index (χ3v) is 1.70. The monoisotopic (exact) mass is 158 g/mol. The Morgan fingerprint density at radius 2 is 2.20 bits per heavy atom. The third kappa shape index (κ3) is 5.35. The van der Waals surface area contributed by atoms with Gasteiger partial charge in [-0.2, -0.15) is 5.26 Å².